The number of carbonyl (C=O) groups is 1. The van der Waals surface area contributed by atoms with Crippen molar-refractivity contribution in [1.29, 1.82) is 0 Å². The fourth-order valence-corrected chi connectivity index (χ4v) is 0.618. The van der Waals surface area contributed by atoms with Gasteiger partial charge >= 0.3 is 0 Å². The van der Waals surface area contributed by atoms with Crippen molar-refractivity contribution < 1.29 is 30.3 Å². The molecular weight excluding hydrogens is 169 g/mol. The quantitative estimate of drug-likeness (QED) is 0.223. The maximum Gasteiger partial charge on any atom is 0.151 e. The van der Waals surface area contributed by atoms with Gasteiger partial charge in [0.15, 0.2) is 6.29 Å². The van der Waals surface area contributed by atoms with Crippen molar-refractivity contribution in [2.45, 2.75) is 24.4 Å². The maximum atomic E-state index is 9.90. The topological polar surface area (TPSA) is 118 Å². The predicted octanol–water partition coefficient (Wildman–Crippen LogP) is -3.38. The molecule has 0 saturated heterocycles. The van der Waals surface area contributed by atoms with E-state index in [2.05, 4.69) is 0 Å². The summed E-state index contributed by atoms with van der Waals surface area (Å²) in [4.78, 5) is 9.90. The van der Waals surface area contributed by atoms with Gasteiger partial charge in [-0.1, -0.05) is 0 Å². The molecule has 0 heterocycles. The van der Waals surface area contributed by atoms with Gasteiger partial charge in [-0.2, -0.15) is 0 Å². The molecule has 0 aromatic heterocycles. The largest absolute Gasteiger partial charge is 0.394 e. The Morgan fingerprint density at radius 2 is 1.58 bits per heavy atom. The predicted molar refractivity (Wildman–Crippen MR) is 37.2 cm³/mol. The molecule has 4 atom stereocenters. The molecule has 0 radical (unpaired) electrons. The summed E-state index contributed by atoms with van der Waals surface area (Å²) in [5, 5.41) is 43.5. The van der Waals surface area contributed by atoms with Crippen LogP contribution in [0.4, 0.5) is 0 Å². The molecule has 72 valence electrons. The summed E-state index contributed by atoms with van der Waals surface area (Å²) in [6.07, 6.45) is -6.84. The Morgan fingerprint density at radius 1 is 1.08 bits per heavy atom. The first kappa shape index (κ1) is 11.5. The first-order valence-electron chi connectivity index (χ1n) is 3.33. The molecule has 0 fully saturated rings. The zero-order valence-corrected chi connectivity index (χ0v) is 6.24. The molecule has 5 N–H and O–H groups in total. The van der Waals surface area contributed by atoms with Crippen molar-refractivity contribution in [2.75, 3.05) is 6.61 Å². The molecule has 0 aliphatic heterocycles. The molecule has 0 aliphatic rings. The minimum Gasteiger partial charge on any atom is -0.394 e. The Hall–Kier alpha value is -0.530. The lowest BCUT2D eigenvalue weighted by molar-refractivity contribution is -0.136. The van der Waals surface area contributed by atoms with Gasteiger partial charge in [-0.05, 0) is 0 Å². The molecule has 0 saturated carbocycles. The molecule has 12 heavy (non-hydrogen) atoms. The van der Waals surface area contributed by atoms with Gasteiger partial charge in [-0.15, -0.1) is 0 Å². The van der Waals surface area contributed by atoms with Crippen LogP contribution in [0.2, 0.25) is 0 Å². The highest BCUT2D eigenvalue weighted by molar-refractivity contribution is 5.56. The number of hydrogen-bond acceptors (Lipinski definition) is 6. The first-order valence-corrected chi connectivity index (χ1v) is 3.33. The van der Waals surface area contributed by atoms with Gasteiger partial charge in [0.05, 0.1) is 6.61 Å². The van der Waals surface area contributed by atoms with Crippen molar-refractivity contribution in [3.8, 4) is 0 Å². The summed E-state index contributed by atoms with van der Waals surface area (Å²) in [6, 6.07) is 0. The normalized spacial score (nSPS) is 21.1. The minimum absolute atomic E-state index is 0.0258. The summed E-state index contributed by atoms with van der Waals surface area (Å²) in [5.41, 5.74) is 0. The van der Waals surface area contributed by atoms with Crippen molar-refractivity contribution in [3.05, 3.63) is 0 Å². The number of aldehydes is 1. The molecule has 0 aromatic carbocycles. The van der Waals surface area contributed by atoms with Crippen LogP contribution in [0.3, 0.4) is 0 Å². The molecule has 0 unspecified atom stereocenters. The van der Waals surface area contributed by atoms with Crippen LogP contribution in [0.1, 0.15) is 0 Å². The van der Waals surface area contributed by atoms with Crippen molar-refractivity contribution >= 4 is 6.29 Å². The van der Waals surface area contributed by atoms with Gasteiger partial charge in [0, 0.05) is 0 Å². The van der Waals surface area contributed by atoms with E-state index in [1.165, 1.54) is 0 Å². The lowest BCUT2D eigenvalue weighted by atomic mass is 10.1. The fraction of sp³-hybridized carbons (Fsp3) is 0.833. The van der Waals surface area contributed by atoms with Crippen LogP contribution in [0, 0.1) is 0 Å². The average Bonchev–Trinajstić information content (AvgIpc) is 2.12. The second-order valence-corrected chi connectivity index (χ2v) is 2.36. The average molecular weight is 181 g/mol. The van der Waals surface area contributed by atoms with Gasteiger partial charge in [-0.3, -0.25) is 0 Å². The van der Waals surface area contributed by atoms with E-state index in [1.54, 1.807) is 0 Å². The molecule has 0 bridgehead atoms. The Balaban J connectivity index is 4.07. The summed E-state index contributed by atoms with van der Waals surface area (Å²) < 4.78 is 0. The van der Waals surface area contributed by atoms with Crippen LogP contribution >= 0.6 is 0 Å². The number of carbonyl (C=O) groups excluding carboxylic acids is 1. The lowest BCUT2D eigenvalue weighted by Gasteiger charge is -2.22. The van der Waals surface area contributed by atoms with E-state index in [4.69, 9.17) is 25.5 Å². The fourth-order valence-electron chi connectivity index (χ4n) is 0.618. The second kappa shape index (κ2) is 5.18. The minimum atomic E-state index is -1.79. The monoisotopic (exact) mass is 181 g/mol. The molecule has 6 nitrogen and oxygen atoms in total. The van der Waals surface area contributed by atoms with Crippen molar-refractivity contribution in [1.82, 2.24) is 0 Å². The zero-order valence-electron chi connectivity index (χ0n) is 6.24. The van der Waals surface area contributed by atoms with Gasteiger partial charge in [0.2, 0.25) is 0 Å². The van der Waals surface area contributed by atoms with Crippen LogP contribution < -0.4 is 0 Å². The SMILES string of the molecule is O=[13CH][C@H](O)[C@H](O)[C@H](O)[C@H](O)CO. The lowest BCUT2D eigenvalue weighted by Crippen LogP contribution is -2.46. The van der Waals surface area contributed by atoms with E-state index in [-0.39, 0.29) is 6.29 Å². The van der Waals surface area contributed by atoms with Crippen LogP contribution in [-0.4, -0.2) is 62.8 Å². The molecule has 6 heteroatoms. The van der Waals surface area contributed by atoms with Crippen LogP contribution in [0.5, 0.6) is 0 Å². The van der Waals surface area contributed by atoms with E-state index >= 15 is 0 Å². The molecule has 0 aliphatic carbocycles. The number of rotatable bonds is 5. The molecular formula is C6H12O6. The highest BCUT2D eigenvalue weighted by atomic mass is 16.4. The number of hydrogen-bond donors (Lipinski definition) is 5. The Bertz CT molecular complexity index is 138. The van der Waals surface area contributed by atoms with Crippen molar-refractivity contribution in [3.63, 3.8) is 0 Å². The Labute approximate surface area is 68.7 Å². The van der Waals surface area contributed by atoms with E-state index in [9.17, 15) is 4.79 Å². The molecule has 0 rings (SSSR count). The summed E-state index contributed by atoms with van der Waals surface area (Å²) in [7, 11) is 0. The van der Waals surface area contributed by atoms with E-state index in [0.717, 1.165) is 0 Å². The Morgan fingerprint density at radius 3 is 1.92 bits per heavy atom. The molecule has 0 aromatic rings. The Kier molecular flexibility index (Phi) is 4.95. The van der Waals surface area contributed by atoms with Gasteiger partial charge < -0.3 is 30.3 Å². The van der Waals surface area contributed by atoms with Crippen LogP contribution in [0.15, 0.2) is 0 Å². The van der Waals surface area contributed by atoms with E-state index < -0.39 is 31.0 Å². The van der Waals surface area contributed by atoms with E-state index in [0.29, 0.717) is 0 Å². The zero-order chi connectivity index (χ0) is 9.72. The van der Waals surface area contributed by atoms with Crippen LogP contribution in [-0.2, 0) is 4.79 Å². The summed E-state index contributed by atoms with van der Waals surface area (Å²) in [6.45, 7) is -0.760. The molecule has 0 spiro atoms. The standard InChI is InChI=1S/C6H12O6/c7-1-3(9)5(11)6(12)4(10)2-8/h1,3-6,8-12H,2H2/t3-,4+,5-,6+/m0/s1/i1+1. The third-order valence-electron chi connectivity index (χ3n) is 1.42. The third-order valence-corrected chi connectivity index (χ3v) is 1.42. The maximum absolute atomic E-state index is 9.90. The first-order chi connectivity index (χ1) is 5.54. The van der Waals surface area contributed by atoms with Crippen LogP contribution in [0.25, 0.3) is 0 Å². The number of aliphatic hydroxyl groups excluding tert-OH is 5. The highest BCUT2D eigenvalue weighted by Gasteiger charge is 2.29. The number of aliphatic hydroxyl groups is 5. The molecule has 0 amide bonds. The van der Waals surface area contributed by atoms with Gasteiger partial charge in [0.25, 0.3) is 0 Å². The summed E-state index contributed by atoms with van der Waals surface area (Å²) >= 11 is 0. The smallest absolute Gasteiger partial charge is 0.151 e. The second-order valence-electron chi connectivity index (χ2n) is 2.36. The van der Waals surface area contributed by atoms with Gasteiger partial charge in [0.1, 0.15) is 24.4 Å². The third kappa shape index (κ3) is 2.84. The highest BCUT2D eigenvalue weighted by Crippen LogP contribution is 2.02. The van der Waals surface area contributed by atoms with Gasteiger partial charge in [-0.25, -0.2) is 0 Å². The summed E-state index contributed by atoms with van der Waals surface area (Å²) in [5.74, 6) is 0. The van der Waals surface area contributed by atoms with E-state index in [1.807, 2.05) is 0 Å². The van der Waals surface area contributed by atoms with Crippen molar-refractivity contribution in [2.24, 2.45) is 0 Å².